The number of aromatic nitrogens is 4. The summed E-state index contributed by atoms with van der Waals surface area (Å²) >= 11 is 0. The molecular weight excluding hydrogens is 1010 g/mol. The number of anilines is 5. The van der Waals surface area contributed by atoms with Gasteiger partial charge >= 0.3 is 7.82 Å². The summed E-state index contributed by atoms with van der Waals surface area (Å²) in [5, 5.41) is 14.7. The Labute approximate surface area is 444 Å². The number of hydrogen-bond donors (Lipinski definition) is 4. The lowest BCUT2D eigenvalue weighted by atomic mass is 9.90. The molecule has 0 spiro atoms. The Morgan fingerprint density at radius 1 is 0.831 bits per heavy atom. The molecule has 23 heteroatoms. The Morgan fingerprint density at radius 3 is 2.31 bits per heavy atom. The molecule has 4 aromatic heterocycles. The van der Waals surface area contributed by atoms with Crippen molar-refractivity contribution in [2.45, 2.75) is 97.0 Å². The van der Waals surface area contributed by atoms with E-state index in [1.54, 1.807) is 49.5 Å². The molecule has 0 saturated carbocycles. The highest BCUT2D eigenvalue weighted by molar-refractivity contribution is 7.46. The minimum Gasteiger partial charge on any atom is -0.480 e. The summed E-state index contributed by atoms with van der Waals surface area (Å²) in [4.78, 5) is 110. The van der Waals surface area contributed by atoms with Crippen LogP contribution in [-0.2, 0) is 38.1 Å². The fourth-order valence-corrected chi connectivity index (χ4v) is 12.6. The van der Waals surface area contributed by atoms with Gasteiger partial charge in [0.05, 0.1) is 36.2 Å². The highest BCUT2D eigenvalue weighted by Crippen LogP contribution is 2.43. The van der Waals surface area contributed by atoms with Crippen molar-refractivity contribution >= 4 is 66.1 Å². The fraction of sp³-hybridized carbons (Fsp3) is 0.444. The number of rotatable bonds is 13. The van der Waals surface area contributed by atoms with E-state index in [4.69, 9.17) is 19.5 Å². The number of phosphoric ester groups is 1. The van der Waals surface area contributed by atoms with Crippen molar-refractivity contribution in [3.63, 3.8) is 0 Å². The third-order valence-corrected chi connectivity index (χ3v) is 16.5. The van der Waals surface area contributed by atoms with Crippen LogP contribution in [0.15, 0.2) is 67.1 Å². The highest BCUT2D eigenvalue weighted by Gasteiger charge is 2.48. The standard InChI is InChI=1S/C54H62N11O11P/c1-31-29-60(35-13-16-59(17-14-35)36-6-8-39-40(24-36)51(69)65(50(39)68)42-9-11-46(67)64(52(42)70)30-76-77(72,73)74)18-19-61(31)37-7-10-45(56-28-37)58-41-22-34(27-57-49(41)75-5)38-12-15-55-48(47(38)32(2)66)63-21-20-62-43(53(63)71)23-33-25-54(3,4)26-44(33)62/h6-8,10,12,15,22-24,27-28,31-32,35,42,66H,9,11,13-14,16-21,25-26,29-30H2,1-5H3,(H,56,58)(H2,72,73,74)/t31-,32+,42-/m0/s1. The van der Waals surface area contributed by atoms with Crippen molar-refractivity contribution in [2.75, 3.05) is 73.1 Å². The molecule has 9 heterocycles. The third-order valence-electron chi connectivity index (χ3n) is 16.0. The minimum absolute atomic E-state index is 0.111. The summed E-state index contributed by atoms with van der Waals surface area (Å²) in [6.45, 7) is 12.5. The number of aliphatic hydroxyl groups is 1. The molecule has 5 aromatic rings. The predicted molar refractivity (Wildman–Crippen MR) is 283 cm³/mol. The molecule has 5 aliphatic heterocycles. The average molecular weight is 1070 g/mol. The number of pyridine rings is 3. The van der Waals surface area contributed by atoms with Gasteiger partial charge < -0.3 is 39.3 Å². The number of phosphoric acid groups is 1. The molecule has 3 fully saturated rings. The first-order chi connectivity index (χ1) is 36.8. The summed E-state index contributed by atoms with van der Waals surface area (Å²) in [7, 11) is -3.45. The number of imide groups is 2. The lowest BCUT2D eigenvalue weighted by Crippen LogP contribution is -2.57. The lowest BCUT2D eigenvalue weighted by molar-refractivity contribution is -0.155. The number of fused-ring (bicyclic) bond motifs is 4. The second-order valence-corrected chi connectivity index (χ2v) is 22.9. The minimum atomic E-state index is -5.01. The lowest BCUT2D eigenvalue weighted by Gasteiger charge is -2.46. The van der Waals surface area contributed by atoms with Gasteiger partial charge in [0.2, 0.25) is 11.8 Å². The van der Waals surface area contributed by atoms with Crippen molar-refractivity contribution in [2.24, 2.45) is 5.41 Å². The van der Waals surface area contributed by atoms with E-state index in [0.717, 1.165) is 74.7 Å². The van der Waals surface area contributed by atoms with Crippen LogP contribution in [-0.4, -0.2) is 150 Å². The Hall–Kier alpha value is -7.07. The Bertz CT molecular complexity index is 3260. The number of piperidine rings is 2. The first-order valence-corrected chi connectivity index (χ1v) is 27.6. The molecule has 6 aliphatic rings. The number of benzene rings is 1. The Morgan fingerprint density at radius 2 is 1.60 bits per heavy atom. The first kappa shape index (κ1) is 52.0. The number of piperazine rings is 1. The number of ether oxygens (including phenoxy) is 1. The zero-order chi connectivity index (χ0) is 54.2. The van der Waals surface area contributed by atoms with Gasteiger partial charge in [-0.3, -0.25) is 48.1 Å². The molecule has 3 saturated heterocycles. The zero-order valence-electron chi connectivity index (χ0n) is 43.6. The summed E-state index contributed by atoms with van der Waals surface area (Å²) in [5.74, 6) is -1.76. The molecule has 3 atom stereocenters. The molecule has 22 nitrogen and oxygen atoms in total. The van der Waals surface area contributed by atoms with Gasteiger partial charge in [0, 0.05) is 99.2 Å². The van der Waals surface area contributed by atoms with Gasteiger partial charge in [-0.25, -0.2) is 19.5 Å². The summed E-state index contributed by atoms with van der Waals surface area (Å²) in [5.41, 5.74) is 7.87. The third kappa shape index (κ3) is 9.75. The fourth-order valence-electron chi connectivity index (χ4n) is 12.3. The topological polar surface area (TPSA) is 257 Å². The van der Waals surface area contributed by atoms with Crippen LogP contribution >= 0.6 is 7.82 Å². The number of methoxy groups -OCH3 is 1. The Kier molecular flexibility index (Phi) is 13.5. The van der Waals surface area contributed by atoms with E-state index in [-0.39, 0.29) is 41.3 Å². The zero-order valence-corrected chi connectivity index (χ0v) is 44.5. The number of nitrogens with one attached hydrogen (secondary N) is 1. The van der Waals surface area contributed by atoms with Crippen molar-refractivity contribution in [3.05, 3.63) is 101 Å². The van der Waals surface area contributed by atoms with E-state index < -0.39 is 50.3 Å². The van der Waals surface area contributed by atoms with Crippen LogP contribution in [0, 0.1) is 5.41 Å². The van der Waals surface area contributed by atoms with E-state index in [2.05, 4.69) is 59.8 Å². The van der Waals surface area contributed by atoms with Gasteiger partial charge in [0.25, 0.3) is 23.6 Å². The van der Waals surface area contributed by atoms with Crippen molar-refractivity contribution in [1.29, 1.82) is 0 Å². The quantitative estimate of drug-likeness (QED) is 0.0863. The molecule has 77 heavy (non-hydrogen) atoms. The normalized spacial score (nSPS) is 21.5. The molecule has 1 aliphatic carbocycles. The van der Waals surface area contributed by atoms with E-state index >= 15 is 0 Å². The van der Waals surface area contributed by atoms with Crippen molar-refractivity contribution < 1.29 is 52.7 Å². The number of carbonyl (C=O) groups excluding carboxylic acids is 5. The van der Waals surface area contributed by atoms with Crippen LogP contribution in [0.1, 0.15) is 108 Å². The number of nitrogens with zero attached hydrogens (tertiary/aromatic N) is 10. The second-order valence-electron chi connectivity index (χ2n) is 21.6. The summed E-state index contributed by atoms with van der Waals surface area (Å²) in [6.07, 6.45) is 7.58. The van der Waals surface area contributed by atoms with E-state index in [9.17, 15) is 33.6 Å². The van der Waals surface area contributed by atoms with Gasteiger partial charge in [-0.1, -0.05) is 13.8 Å². The number of amides is 5. The monoisotopic (exact) mass is 1070 g/mol. The molecule has 11 rings (SSSR count). The molecule has 404 valence electrons. The highest BCUT2D eigenvalue weighted by atomic mass is 31.2. The Balaban J connectivity index is 0.708. The van der Waals surface area contributed by atoms with Crippen LogP contribution < -0.4 is 24.8 Å². The SMILES string of the molecule is COc1ncc(-c2ccnc(N3CCn4c(cc5c4CC(C)(C)C5)C3=O)c2[C@@H](C)O)cc1Nc1ccc(N2CCN(C3CCN(c4ccc5c(c4)C(=O)N([C@H]4CCC(=O)N(COP(=O)(O)O)C4=O)C5=O)CC3)C[C@@H]2C)cn1. The first-order valence-electron chi connectivity index (χ1n) is 26.1. The maximum atomic E-state index is 14.1. The van der Waals surface area contributed by atoms with Crippen LogP contribution in [0.4, 0.5) is 28.7 Å². The molecule has 4 N–H and O–H groups in total. The van der Waals surface area contributed by atoms with Crippen molar-refractivity contribution in [1.82, 2.24) is 34.2 Å². The number of aliphatic hydroxyl groups excluding tert-OH is 1. The summed E-state index contributed by atoms with van der Waals surface area (Å²) in [6, 6.07) is 14.0. The number of hydrogen-bond acceptors (Lipinski definition) is 16. The molecule has 0 unspecified atom stereocenters. The van der Waals surface area contributed by atoms with Gasteiger partial charge in [0.15, 0.2) is 0 Å². The molecular formula is C54H62N11O11P. The largest absolute Gasteiger partial charge is 0.480 e. The second kappa shape index (κ2) is 20.1. The van der Waals surface area contributed by atoms with Crippen molar-refractivity contribution in [3.8, 4) is 17.0 Å². The smallest absolute Gasteiger partial charge is 0.471 e. The van der Waals surface area contributed by atoms with Crippen LogP contribution in [0.5, 0.6) is 5.88 Å². The van der Waals surface area contributed by atoms with E-state index in [1.807, 2.05) is 36.5 Å². The van der Waals surface area contributed by atoms with E-state index in [1.165, 1.54) is 11.3 Å². The number of carbonyl (C=O) groups is 5. The van der Waals surface area contributed by atoms with Gasteiger partial charge in [-0.15, -0.1) is 0 Å². The average Bonchev–Trinajstić information content (AvgIpc) is 4.01. The van der Waals surface area contributed by atoms with Gasteiger partial charge in [-0.05, 0) is 111 Å². The van der Waals surface area contributed by atoms with Crippen LogP contribution in [0.2, 0.25) is 0 Å². The van der Waals surface area contributed by atoms with Gasteiger partial charge in [-0.2, -0.15) is 0 Å². The maximum Gasteiger partial charge on any atom is 0.471 e. The van der Waals surface area contributed by atoms with Crippen LogP contribution in [0.25, 0.3) is 11.1 Å². The molecule has 1 aromatic carbocycles. The molecule has 0 radical (unpaired) electrons. The number of likely N-dealkylation sites (tertiary alicyclic amines) is 1. The molecule has 5 amide bonds. The van der Waals surface area contributed by atoms with Crippen LogP contribution in [0.3, 0.4) is 0 Å². The van der Waals surface area contributed by atoms with E-state index in [0.29, 0.717) is 69.6 Å². The van der Waals surface area contributed by atoms with Gasteiger partial charge in [0.1, 0.15) is 35.8 Å². The molecule has 0 bridgehead atoms. The summed E-state index contributed by atoms with van der Waals surface area (Å²) < 4.78 is 23.5. The predicted octanol–water partition coefficient (Wildman–Crippen LogP) is 5.29. The maximum absolute atomic E-state index is 14.1.